The minimum Gasteiger partial charge on any atom is -0.457 e. The van der Waals surface area contributed by atoms with E-state index in [9.17, 15) is 14.9 Å². The highest BCUT2D eigenvalue weighted by atomic mass is 35.5. The SMILES string of the molecule is CC1=C(C#N)C(=O)N(C(C)c2ccccc2)C(=O)/C1=C/c1ccc(-c2ccc(Cl)cc2Cl)o1. The molecule has 3 aromatic rings. The zero-order valence-corrected chi connectivity index (χ0v) is 19.3. The number of nitriles is 1. The molecule has 7 heteroatoms. The molecule has 33 heavy (non-hydrogen) atoms. The Balaban J connectivity index is 1.76. The van der Waals surface area contributed by atoms with Gasteiger partial charge in [0.2, 0.25) is 0 Å². The molecule has 1 unspecified atom stereocenters. The number of rotatable bonds is 4. The lowest BCUT2D eigenvalue weighted by Crippen LogP contribution is -2.44. The fraction of sp³-hybridized carbons (Fsp3) is 0.115. The molecule has 4 rings (SSSR count). The number of halogens is 2. The summed E-state index contributed by atoms with van der Waals surface area (Å²) in [6.45, 7) is 3.34. The van der Waals surface area contributed by atoms with Gasteiger partial charge in [-0.05, 0) is 61.4 Å². The lowest BCUT2D eigenvalue weighted by atomic mass is 9.92. The van der Waals surface area contributed by atoms with Crippen LogP contribution in [0.5, 0.6) is 0 Å². The Bertz CT molecular complexity index is 1360. The summed E-state index contributed by atoms with van der Waals surface area (Å²) >= 11 is 12.2. The van der Waals surface area contributed by atoms with Gasteiger partial charge >= 0.3 is 0 Å². The van der Waals surface area contributed by atoms with Gasteiger partial charge in [-0.3, -0.25) is 14.5 Å². The summed E-state index contributed by atoms with van der Waals surface area (Å²) in [5.74, 6) is -0.214. The van der Waals surface area contributed by atoms with Crippen LogP contribution < -0.4 is 0 Å². The molecule has 0 bridgehead atoms. The zero-order valence-electron chi connectivity index (χ0n) is 17.8. The first kappa shape index (κ1) is 22.6. The fourth-order valence-electron chi connectivity index (χ4n) is 3.74. The van der Waals surface area contributed by atoms with Crippen molar-refractivity contribution in [3.8, 4) is 17.4 Å². The second-order valence-electron chi connectivity index (χ2n) is 7.56. The van der Waals surface area contributed by atoms with Crippen molar-refractivity contribution in [1.29, 1.82) is 5.26 Å². The van der Waals surface area contributed by atoms with E-state index in [0.29, 0.717) is 32.7 Å². The maximum atomic E-state index is 13.4. The molecule has 1 atom stereocenters. The molecule has 0 N–H and O–H groups in total. The summed E-state index contributed by atoms with van der Waals surface area (Å²) in [6, 6.07) is 19.1. The molecule has 164 valence electrons. The summed E-state index contributed by atoms with van der Waals surface area (Å²) in [5, 5.41) is 10.6. The summed E-state index contributed by atoms with van der Waals surface area (Å²) < 4.78 is 5.90. The second-order valence-corrected chi connectivity index (χ2v) is 8.41. The molecule has 2 amide bonds. The van der Waals surface area contributed by atoms with Gasteiger partial charge in [-0.2, -0.15) is 5.26 Å². The highest BCUT2D eigenvalue weighted by Gasteiger charge is 2.38. The van der Waals surface area contributed by atoms with Crippen LogP contribution in [0.15, 0.2) is 81.8 Å². The minimum absolute atomic E-state index is 0.0730. The van der Waals surface area contributed by atoms with Crippen LogP contribution in [0.4, 0.5) is 0 Å². The third-order valence-corrected chi connectivity index (χ3v) is 6.10. The quantitative estimate of drug-likeness (QED) is 0.313. The number of imide groups is 1. The number of hydrogen-bond acceptors (Lipinski definition) is 4. The Hall–Kier alpha value is -3.59. The van der Waals surface area contributed by atoms with Crippen LogP contribution in [0.25, 0.3) is 17.4 Å². The van der Waals surface area contributed by atoms with Gasteiger partial charge in [0.1, 0.15) is 23.2 Å². The molecule has 0 aliphatic carbocycles. The average molecular weight is 477 g/mol. The van der Waals surface area contributed by atoms with Crippen molar-refractivity contribution < 1.29 is 14.0 Å². The number of nitrogens with zero attached hydrogens (tertiary/aromatic N) is 2. The molecule has 0 fully saturated rings. The van der Waals surface area contributed by atoms with E-state index in [1.54, 1.807) is 50.3 Å². The predicted octanol–water partition coefficient (Wildman–Crippen LogP) is 6.61. The van der Waals surface area contributed by atoms with E-state index < -0.39 is 17.9 Å². The van der Waals surface area contributed by atoms with Gasteiger partial charge < -0.3 is 4.42 Å². The van der Waals surface area contributed by atoms with Crippen molar-refractivity contribution in [3.63, 3.8) is 0 Å². The number of benzene rings is 2. The lowest BCUT2D eigenvalue weighted by Gasteiger charge is -2.32. The molecule has 1 aliphatic heterocycles. The van der Waals surface area contributed by atoms with Gasteiger partial charge in [-0.15, -0.1) is 0 Å². The Kier molecular flexibility index (Phi) is 6.24. The van der Waals surface area contributed by atoms with Crippen molar-refractivity contribution in [2.45, 2.75) is 19.9 Å². The standard InChI is InChI=1S/C26H18Cl2N2O3/c1-15-21(13-19-9-11-24(33-19)20-10-8-18(27)12-23(20)28)25(31)30(26(32)22(15)14-29)16(2)17-6-4-3-5-7-17/h3-13,16H,1-2H3/b21-13+. The Labute approximate surface area is 201 Å². The van der Waals surface area contributed by atoms with Crippen molar-refractivity contribution in [1.82, 2.24) is 4.90 Å². The van der Waals surface area contributed by atoms with Gasteiger partial charge in [0, 0.05) is 16.2 Å². The average Bonchev–Trinajstić information content (AvgIpc) is 3.26. The van der Waals surface area contributed by atoms with Crippen LogP contribution in [-0.4, -0.2) is 16.7 Å². The van der Waals surface area contributed by atoms with E-state index in [1.807, 2.05) is 36.4 Å². The molecular formula is C26H18Cl2N2O3. The van der Waals surface area contributed by atoms with Crippen LogP contribution in [0.3, 0.4) is 0 Å². The fourth-order valence-corrected chi connectivity index (χ4v) is 4.24. The number of carbonyl (C=O) groups is 2. The van der Waals surface area contributed by atoms with Crippen molar-refractivity contribution in [3.05, 3.63) is 98.8 Å². The number of amides is 2. The second kappa shape index (κ2) is 9.11. The molecule has 1 aliphatic rings. The molecule has 2 aromatic carbocycles. The summed E-state index contributed by atoms with van der Waals surface area (Å²) in [4.78, 5) is 27.5. The van der Waals surface area contributed by atoms with Gasteiger partial charge in [0.05, 0.1) is 11.1 Å². The van der Waals surface area contributed by atoms with E-state index in [1.165, 1.54) is 0 Å². The molecular weight excluding hydrogens is 459 g/mol. The van der Waals surface area contributed by atoms with Crippen molar-refractivity contribution >= 4 is 41.1 Å². The van der Waals surface area contributed by atoms with E-state index in [-0.39, 0.29) is 11.1 Å². The van der Waals surface area contributed by atoms with E-state index in [0.717, 1.165) is 10.5 Å². The highest BCUT2D eigenvalue weighted by Crippen LogP contribution is 2.35. The smallest absolute Gasteiger partial charge is 0.272 e. The Morgan fingerprint density at radius 3 is 2.42 bits per heavy atom. The largest absolute Gasteiger partial charge is 0.457 e. The number of carbonyl (C=O) groups excluding carboxylic acids is 2. The molecule has 0 saturated carbocycles. The van der Waals surface area contributed by atoms with Gasteiger partial charge in [-0.25, -0.2) is 0 Å². The zero-order chi connectivity index (χ0) is 23.7. The molecule has 1 aromatic heterocycles. The van der Waals surface area contributed by atoms with Crippen molar-refractivity contribution in [2.24, 2.45) is 0 Å². The Morgan fingerprint density at radius 1 is 1.03 bits per heavy atom. The number of hydrogen-bond donors (Lipinski definition) is 0. The molecule has 0 saturated heterocycles. The molecule has 2 heterocycles. The van der Waals surface area contributed by atoms with E-state index >= 15 is 0 Å². The Morgan fingerprint density at radius 2 is 1.76 bits per heavy atom. The molecule has 5 nitrogen and oxygen atoms in total. The summed E-state index contributed by atoms with van der Waals surface area (Å²) in [7, 11) is 0. The first-order valence-electron chi connectivity index (χ1n) is 10.1. The van der Waals surface area contributed by atoms with Crippen molar-refractivity contribution in [2.75, 3.05) is 0 Å². The molecule has 0 spiro atoms. The lowest BCUT2D eigenvalue weighted by molar-refractivity contribution is -0.143. The van der Waals surface area contributed by atoms with Crippen LogP contribution in [0.1, 0.15) is 31.2 Å². The minimum atomic E-state index is -0.610. The first-order valence-corrected chi connectivity index (χ1v) is 10.9. The normalized spacial score (nSPS) is 16.3. The maximum absolute atomic E-state index is 13.4. The topological polar surface area (TPSA) is 74.3 Å². The van der Waals surface area contributed by atoms with Gasteiger partial charge in [-0.1, -0.05) is 53.5 Å². The van der Waals surface area contributed by atoms with Crippen LogP contribution in [-0.2, 0) is 9.59 Å². The third kappa shape index (κ3) is 4.23. The first-order chi connectivity index (χ1) is 15.8. The number of furan rings is 1. The van der Waals surface area contributed by atoms with Gasteiger partial charge in [0.15, 0.2) is 0 Å². The highest BCUT2D eigenvalue weighted by molar-refractivity contribution is 6.36. The molecule has 0 radical (unpaired) electrons. The van der Waals surface area contributed by atoms with E-state index in [2.05, 4.69) is 0 Å². The van der Waals surface area contributed by atoms with Crippen LogP contribution in [0.2, 0.25) is 10.0 Å². The van der Waals surface area contributed by atoms with Gasteiger partial charge in [0.25, 0.3) is 11.8 Å². The third-order valence-electron chi connectivity index (χ3n) is 5.55. The maximum Gasteiger partial charge on any atom is 0.272 e. The van der Waals surface area contributed by atoms with E-state index in [4.69, 9.17) is 27.6 Å². The monoisotopic (exact) mass is 476 g/mol. The summed E-state index contributed by atoms with van der Waals surface area (Å²) in [6.07, 6.45) is 1.54. The van der Waals surface area contributed by atoms with Crippen LogP contribution in [0, 0.1) is 11.3 Å². The van der Waals surface area contributed by atoms with Crippen LogP contribution >= 0.6 is 23.2 Å². The predicted molar refractivity (Wildman–Crippen MR) is 127 cm³/mol. The summed E-state index contributed by atoms with van der Waals surface area (Å²) in [5.41, 5.74) is 1.90.